The molecule has 100 valence electrons. The molecule has 0 radical (unpaired) electrons. The number of carbonyl (C=O) groups excluding carboxylic acids is 1. The molecule has 1 aliphatic rings. The Kier molecular flexibility index (Phi) is 3.76. The number of amides is 1. The number of anilines is 1. The highest BCUT2D eigenvalue weighted by Gasteiger charge is 2.39. The lowest BCUT2D eigenvalue weighted by atomic mass is 10.0. The summed E-state index contributed by atoms with van der Waals surface area (Å²) in [7, 11) is 1.39. The summed E-state index contributed by atoms with van der Waals surface area (Å²) in [5.41, 5.74) is 2.96. The smallest absolute Gasteiger partial charge is 0.264 e. The van der Waals surface area contributed by atoms with Gasteiger partial charge in [0, 0.05) is 0 Å². The van der Waals surface area contributed by atoms with Crippen molar-refractivity contribution in [1.82, 2.24) is 5.48 Å². The van der Waals surface area contributed by atoms with Crippen LogP contribution in [-0.4, -0.2) is 29.8 Å². The van der Waals surface area contributed by atoms with Crippen molar-refractivity contribution in [3.8, 4) is 0 Å². The first-order valence-corrected chi connectivity index (χ1v) is 5.64. The van der Waals surface area contributed by atoms with Gasteiger partial charge in [0.05, 0.1) is 11.4 Å². The minimum Gasteiger partial charge on any atom is -0.399 e. The van der Waals surface area contributed by atoms with Crippen molar-refractivity contribution in [3.63, 3.8) is 0 Å². The Labute approximate surface area is 110 Å². The number of benzene rings is 1. The Morgan fingerprint density at radius 2 is 2.16 bits per heavy atom. The molecule has 7 heteroatoms. The minimum absolute atomic E-state index is 0.118. The molecule has 1 unspecified atom stereocenters. The summed E-state index contributed by atoms with van der Waals surface area (Å²) < 4.78 is 0. The van der Waals surface area contributed by atoms with Gasteiger partial charge in [-0.3, -0.25) is 15.5 Å². The second kappa shape index (κ2) is 5.49. The van der Waals surface area contributed by atoms with Crippen molar-refractivity contribution in [2.75, 3.05) is 12.1 Å². The zero-order valence-electron chi connectivity index (χ0n) is 10.6. The van der Waals surface area contributed by atoms with E-state index >= 15 is 0 Å². The zero-order valence-corrected chi connectivity index (χ0v) is 10.6. The predicted molar refractivity (Wildman–Crippen MR) is 69.9 cm³/mol. The third-order valence-electron chi connectivity index (χ3n) is 2.71. The van der Waals surface area contributed by atoms with Crippen molar-refractivity contribution in [1.29, 1.82) is 0 Å². The molecule has 0 fully saturated rings. The highest BCUT2D eigenvalue weighted by Crippen LogP contribution is 2.23. The molecule has 1 amide bonds. The molecule has 1 aromatic rings. The summed E-state index contributed by atoms with van der Waals surface area (Å²) in [6.07, 6.45) is 0. The molecule has 1 aromatic carbocycles. The fourth-order valence-electron chi connectivity index (χ4n) is 1.87. The van der Waals surface area contributed by atoms with Crippen LogP contribution in [0.5, 0.6) is 0 Å². The average Bonchev–Trinajstić information content (AvgIpc) is 2.77. The van der Waals surface area contributed by atoms with Crippen molar-refractivity contribution < 1.29 is 14.8 Å². The number of hydrogen-bond donors (Lipinski definition) is 2. The molecule has 7 nitrogen and oxygen atoms in total. The van der Waals surface area contributed by atoms with E-state index in [0.29, 0.717) is 11.4 Å². The maximum absolute atomic E-state index is 12.3. The largest absolute Gasteiger partial charge is 0.399 e. The van der Waals surface area contributed by atoms with Gasteiger partial charge in [-0.1, -0.05) is 23.4 Å². The maximum Gasteiger partial charge on any atom is 0.264 e. The van der Waals surface area contributed by atoms with Crippen LogP contribution >= 0.6 is 0 Å². The van der Waals surface area contributed by atoms with E-state index in [1.54, 1.807) is 31.2 Å². The molecule has 0 aliphatic carbocycles. The lowest BCUT2D eigenvalue weighted by Gasteiger charge is -2.13. The number of amidine groups is 1. The molecule has 19 heavy (non-hydrogen) atoms. The molecule has 1 atom stereocenters. The fourth-order valence-corrected chi connectivity index (χ4v) is 1.87. The van der Waals surface area contributed by atoms with Crippen LogP contribution in [0.1, 0.15) is 6.92 Å². The first kappa shape index (κ1) is 13.0. The summed E-state index contributed by atoms with van der Waals surface area (Å²) in [4.78, 5) is 17.0. The fraction of sp³-hybridized carbons (Fsp3) is 0.250. The van der Waals surface area contributed by atoms with Crippen LogP contribution in [0.25, 0.3) is 0 Å². The minimum atomic E-state index is -0.773. The second-order valence-electron chi connectivity index (χ2n) is 3.93. The number of nitrogens with one attached hydrogen (secondary N) is 1. The lowest BCUT2D eigenvalue weighted by Crippen LogP contribution is -2.36. The number of hydroxylamine groups is 1. The van der Waals surface area contributed by atoms with Crippen LogP contribution in [0.3, 0.4) is 0 Å². The van der Waals surface area contributed by atoms with Crippen LogP contribution in [-0.2, 0) is 9.63 Å². The van der Waals surface area contributed by atoms with Gasteiger partial charge < -0.3 is 4.84 Å². The molecule has 1 aliphatic heterocycles. The third-order valence-corrected chi connectivity index (χ3v) is 2.71. The highest BCUT2D eigenvalue weighted by atomic mass is 16.6. The predicted octanol–water partition coefficient (Wildman–Crippen LogP) is 0.964. The Balaban J connectivity index is 2.34. The standard InChI is InChI=1S/C12H14N4O3/c1-8(15-19-2)10-11(14-18)13-16(12(10)17)9-6-4-3-5-7-9/h3-7,10,18H,1-2H3,(H,13,14). The van der Waals surface area contributed by atoms with Crippen LogP contribution < -0.4 is 10.5 Å². The quantitative estimate of drug-likeness (QED) is 0.627. The first-order valence-electron chi connectivity index (χ1n) is 5.64. The van der Waals surface area contributed by atoms with Gasteiger partial charge in [0.2, 0.25) is 0 Å². The van der Waals surface area contributed by atoms with E-state index in [9.17, 15) is 4.79 Å². The molecular weight excluding hydrogens is 248 g/mol. The summed E-state index contributed by atoms with van der Waals surface area (Å²) in [6, 6.07) is 8.94. The van der Waals surface area contributed by atoms with E-state index in [4.69, 9.17) is 5.21 Å². The molecule has 1 heterocycles. The Bertz CT molecular complexity index is 527. The number of rotatable bonds is 3. The van der Waals surface area contributed by atoms with Crippen LogP contribution in [0.4, 0.5) is 5.69 Å². The summed E-state index contributed by atoms with van der Waals surface area (Å²) in [6.45, 7) is 1.63. The van der Waals surface area contributed by atoms with Gasteiger partial charge in [0.25, 0.3) is 5.91 Å². The summed E-state index contributed by atoms with van der Waals surface area (Å²) in [5.74, 6) is -0.960. The summed E-state index contributed by atoms with van der Waals surface area (Å²) in [5, 5.41) is 18.1. The van der Waals surface area contributed by atoms with Crippen molar-refractivity contribution in [2.24, 2.45) is 16.2 Å². The number of nitrogens with zero attached hydrogens (tertiary/aromatic N) is 3. The number of oxime groups is 1. The number of hydrazone groups is 1. The molecule has 0 saturated carbocycles. The van der Waals surface area contributed by atoms with Gasteiger partial charge >= 0.3 is 0 Å². The second-order valence-corrected chi connectivity index (χ2v) is 3.93. The van der Waals surface area contributed by atoms with Gasteiger partial charge in [-0.05, 0) is 19.1 Å². The molecule has 0 bridgehead atoms. The molecule has 0 aromatic heterocycles. The van der Waals surface area contributed by atoms with E-state index in [0.717, 1.165) is 0 Å². The molecule has 2 rings (SSSR count). The van der Waals surface area contributed by atoms with Crippen LogP contribution in [0, 0.1) is 5.92 Å². The van der Waals surface area contributed by atoms with E-state index in [-0.39, 0.29) is 11.7 Å². The molecular formula is C12H14N4O3. The van der Waals surface area contributed by atoms with E-state index in [1.165, 1.54) is 12.1 Å². The van der Waals surface area contributed by atoms with Gasteiger partial charge in [-0.25, -0.2) is 0 Å². The van der Waals surface area contributed by atoms with Crippen LogP contribution in [0.15, 0.2) is 40.6 Å². The summed E-state index contributed by atoms with van der Waals surface area (Å²) >= 11 is 0. The SMILES string of the molecule is CON=C(C)C1C(=O)N(c2ccccc2)N=C1NO. The maximum atomic E-state index is 12.3. The van der Waals surface area contributed by atoms with E-state index in [1.807, 2.05) is 11.5 Å². The molecule has 0 saturated heterocycles. The highest BCUT2D eigenvalue weighted by molar-refractivity contribution is 6.27. The van der Waals surface area contributed by atoms with E-state index < -0.39 is 5.92 Å². The van der Waals surface area contributed by atoms with Gasteiger partial charge in [0.15, 0.2) is 5.84 Å². The first-order chi connectivity index (χ1) is 9.19. The Morgan fingerprint density at radius 3 is 2.74 bits per heavy atom. The van der Waals surface area contributed by atoms with Crippen LogP contribution in [0.2, 0.25) is 0 Å². The monoisotopic (exact) mass is 262 g/mol. The Morgan fingerprint density at radius 1 is 1.47 bits per heavy atom. The molecule has 2 N–H and O–H groups in total. The lowest BCUT2D eigenvalue weighted by molar-refractivity contribution is -0.118. The number of carbonyl (C=O) groups is 1. The van der Waals surface area contributed by atoms with Gasteiger partial charge in [0.1, 0.15) is 13.0 Å². The van der Waals surface area contributed by atoms with Crippen molar-refractivity contribution >= 4 is 23.1 Å². The number of para-hydroxylation sites is 1. The molecule has 0 spiro atoms. The van der Waals surface area contributed by atoms with Crippen molar-refractivity contribution in [2.45, 2.75) is 6.92 Å². The third kappa shape index (κ3) is 2.41. The van der Waals surface area contributed by atoms with E-state index in [2.05, 4.69) is 15.1 Å². The normalized spacial score (nSPS) is 19.4. The zero-order chi connectivity index (χ0) is 13.8. The van der Waals surface area contributed by atoms with Gasteiger partial charge in [-0.15, -0.1) is 5.10 Å². The van der Waals surface area contributed by atoms with Crippen molar-refractivity contribution in [3.05, 3.63) is 30.3 Å². The van der Waals surface area contributed by atoms with Gasteiger partial charge in [-0.2, -0.15) is 5.01 Å². The number of hydrogen-bond acceptors (Lipinski definition) is 6. The topological polar surface area (TPSA) is 86.5 Å². The Hall–Kier alpha value is -2.41. The average molecular weight is 262 g/mol.